The molecule has 0 spiro atoms. The van der Waals surface area contributed by atoms with Crippen LogP contribution in [0.25, 0.3) is 0 Å². The number of ether oxygens (including phenoxy) is 1. The van der Waals surface area contributed by atoms with E-state index in [9.17, 15) is 0 Å². The molecule has 0 atom stereocenters. The number of thiazole rings is 1. The molecule has 0 fully saturated rings. The number of benzene rings is 1. The van der Waals surface area contributed by atoms with Crippen LogP contribution in [0.4, 0.5) is 0 Å². The van der Waals surface area contributed by atoms with Crippen LogP contribution in [0.2, 0.25) is 5.02 Å². The van der Waals surface area contributed by atoms with Crippen molar-refractivity contribution < 1.29 is 4.74 Å². The molecule has 0 radical (unpaired) electrons. The zero-order valence-corrected chi connectivity index (χ0v) is 13.1. The van der Waals surface area contributed by atoms with Crippen LogP contribution in [0.15, 0.2) is 29.6 Å². The highest BCUT2D eigenvalue weighted by atomic mass is 35.5. The van der Waals surface area contributed by atoms with E-state index in [1.807, 2.05) is 24.3 Å². The SMILES string of the molecule is CCCNCc1nc(COCc2cccc(Cl)c2)cs1. The fourth-order valence-electron chi connectivity index (χ4n) is 1.77. The van der Waals surface area contributed by atoms with Gasteiger partial charge in [0, 0.05) is 16.9 Å². The molecule has 0 unspecified atom stereocenters. The van der Waals surface area contributed by atoms with Crippen LogP contribution in [0.1, 0.15) is 29.6 Å². The normalized spacial score (nSPS) is 10.9. The molecule has 1 aromatic carbocycles. The van der Waals surface area contributed by atoms with Crippen molar-refractivity contribution in [3.63, 3.8) is 0 Å². The summed E-state index contributed by atoms with van der Waals surface area (Å²) in [5.74, 6) is 0. The van der Waals surface area contributed by atoms with Crippen LogP contribution in [-0.2, 0) is 24.5 Å². The van der Waals surface area contributed by atoms with Crippen LogP contribution < -0.4 is 5.32 Å². The van der Waals surface area contributed by atoms with Crippen molar-refractivity contribution in [2.45, 2.75) is 33.1 Å². The van der Waals surface area contributed by atoms with Gasteiger partial charge in [-0.05, 0) is 30.7 Å². The maximum absolute atomic E-state index is 5.93. The zero-order chi connectivity index (χ0) is 14.2. The molecule has 1 N–H and O–H groups in total. The lowest BCUT2D eigenvalue weighted by Gasteiger charge is -2.03. The number of aromatic nitrogens is 1. The lowest BCUT2D eigenvalue weighted by atomic mass is 10.2. The van der Waals surface area contributed by atoms with Gasteiger partial charge in [0.2, 0.25) is 0 Å². The summed E-state index contributed by atoms with van der Waals surface area (Å²) >= 11 is 7.61. The Morgan fingerprint density at radius 2 is 2.25 bits per heavy atom. The van der Waals surface area contributed by atoms with E-state index < -0.39 is 0 Å². The molecule has 0 aliphatic rings. The summed E-state index contributed by atoms with van der Waals surface area (Å²) in [5, 5.41) is 7.25. The fraction of sp³-hybridized carbons (Fsp3) is 0.400. The first kappa shape index (κ1) is 15.4. The van der Waals surface area contributed by atoms with Gasteiger partial charge < -0.3 is 10.1 Å². The van der Waals surface area contributed by atoms with Gasteiger partial charge in [-0.1, -0.05) is 30.7 Å². The lowest BCUT2D eigenvalue weighted by molar-refractivity contribution is 0.105. The molecule has 0 saturated heterocycles. The van der Waals surface area contributed by atoms with Crippen LogP contribution in [0.5, 0.6) is 0 Å². The number of halogens is 1. The van der Waals surface area contributed by atoms with Gasteiger partial charge >= 0.3 is 0 Å². The Labute approximate surface area is 129 Å². The maximum atomic E-state index is 5.93. The predicted molar refractivity (Wildman–Crippen MR) is 84.1 cm³/mol. The first-order valence-electron chi connectivity index (χ1n) is 6.74. The highest BCUT2D eigenvalue weighted by Gasteiger charge is 2.02. The number of hydrogen-bond acceptors (Lipinski definition) is 4. The monoisotopic (exact) mass is 310 g/mol. The molecule has 2 aromatic rings. The molecule has 1 aromatic heterocycles. The molecule has 0 saturated carbocycles. The summed E-state index contributed by atoms with van der Waals surface area (Å²) < 4.78 is 5.66. The summed E-state index contributed by atoms with van der Waals surface area (Å²) in [6, 6.07) is 7.72. The van der Waals surface area contributed by atoms with Crippen molar-refractivity contribution in [3.8, 4) is 0 Å². The first-order chi connectivity index (χ1) is 9.78. The number of hydrogen-bond donors (Lipinski definition) is 1. The summed E-state index contributed by atoms with van der Waals surface area (Å²) in [5.41, 5.74) is 2.07. The second kappa shape index (κ2) is 8.37. The van der Waals surface area contributed by atoms with Crippen molar-refractivity contribution in [2.24, 2.45) is 0 Å². The summed E-state index contributed by atoms with van der Waals surface area (Å²) in [7, 11) is 0. The Hall–Kier alpha value is -0.940. The van der Waals surface area contributed by atoms with Crippen LogP contribution in [-0.4, -0.2) is 11.5 Å². The molecule has 0 aliphatic heterocycles. The van der Waals surface area contributed by atoms with E-state index in [0.717, 1.165) is 40.8 Å². The van der Waals surface area contributed by atoms with Gasteiger partial charge in [-0.25, -0.2) is 4.98 Å². The largest absolute Gasteiger partial charge is 0.370 e. The molecular weight excluding hydrogens is 292 g/mol. The van der Waals surface area contributed by atoms with E-state index in [1.165, 1.54) is 0 Å². The molecule has 0 aliphatic carbocycles. The van der Waals surface area contributed by atoms with Gasteiger partial charge in [0.1, 0.15) is 5.01 Å². The second-order valence-electron chi connectivity index (χ2n) is 4.53. The van der Waals surface area contributed by atoms with Gasteiger partial charge in [0.25, 0.3) is 0 Å². The Morgan fingerprint density at radius 1 is 1.35 bits per heavy atom. The average molecular weight is 311 g/mol. The highest BCUT2D eigenvalue weighted by molar-refractivity contribution is 7.09. The van der Waals surface area contributed by atoms with E-state index in [1.54, 1.807) is 11.3 Å². The maximum Gasteiger partial charge on any atom is 0.107 e. The third-order valence-electron chi connectivity index (χ3n) is 2.71. The molecule has 108 valence electrons. The van der Waals surface area contributed by atoms with E-state index in [0.29, 0.717) is 13.2 Å². The molecule has 3 nitrogen and oxygen atoms in total. The second-order valence-corrected chi connectivity index (χ2v) is 5.91. The van der Waals surface area contributed by atoms with Gasteiger partial charge in [0.15, 0.2) is 0 Å². The Bertz CT molecular complexity index is 530. The molecular formula is C15H19ClN2OS. The van der Waals surface area contributed by atoms with E-state index in [-0.39, 0.29) is 0 Å². The van der Waals surface area contributed by atoms with E-state index >= 15 is 0 Å². The highest BCUT2D eigenvalue weighted by Crippen LogP contribution is 2.14. The minimum Gasteiger partial charge on any atom is -0.370 e. The molecule has 20 heavy (non-hydrogen) atoms. The smallest absolute Gasteiger partial charge is 0.107 e. The minimum absolute atomic E-state index is 0.538. The predicted octanol–water partition coefficient (Wildman–Crippen LogP) is 4.01. The van der Waals surface area contributed by atoms with Crippen molar-refractivity contribution in [2.75, 3.05) is 6.54 Å². The lowest BCUT2D eigenvalue weighted by Crippen LogP contribution is -2.13. The van der Waals surface area contributed by atoms with Crippen LogP contribution >= 0.6 is 22.9 Å². The van der Waals surface area contributed by atoms with Crippen molar-refractivity contribution in [3.05, 3.63) is 50.9 Å². The average Bonchev–Trinajstić information content (AvgIpc) is 2.87. The number of nitrogens with one attached hydrogen (secondary N) is 1. The Kier molecular flexibility index (Phi) is 6.47. The number of rotatable bonds is 8. The molecule has 5 heteroatoms. The fourth-order valence-corrected chi connectivity index (χ4v) is 2.73. The molecule has 2 rings (SSSR count). The van der Waals surface area contributed by atoms with E-state index in [4.69, 9.17) is 16.3 Å². The zero-order valence-electron chi connectivity index (χ0n) is 11.6. The van der Waals surface area contributed by atoms with E-state index in [2.05, 4.69) is 22.6 Å². The van der Waals surface area contributed by atoms with Gasteiger partial charge in [-0.15, -0.1) is 11.3 Å². The molecule has 0 bridgehead atoms. The van der Waals surface area contributed by atoms with Crippen molar-refractivity contribution in [1.29, 1.82) is 0 Å². The quantitative estimate of drug-likeness (QED) is 0.748. The Balaban J connectivity index is 1.74. The standard InChI is InChI=1S/C15H19ClN2OS/c1-2-6-17-8-15-18-14(11-20-15)10-19-9-12-4-3-5-13(16)7-12/h3-5,7,11,17H,2,6,8-10H2,1H3. The third-order valence-corrected chi connectivity index (χ3v) is 3.84. The first-order valence-corrected chi connectivity index (χ1v) is 8.00. The van der Waals surface area contributed by atoms with Crippen LogP contribution in [0, 0.1) is 0 Å². The van der Waals surface area contributed by atoms with Gasteiger partial charge in [0.05, 0.1) is 18.9 Å². The summed E-state index contributed by atoms with van der Waals surface area (Å²) in [6.07, 6.45) is 1.14. The Morgan fingerprint density at radius 3 is 3.05 bits per heavy atom. The number of nitrogens with zero attached hydrogens (tertiary/aromatic N) is 1. The summed E-state index contributed by atoms with van der Waals surface area (Å²) in [6.45, 7) is 5.12. The summed E-state index contributed by atoms with van der Waals surface area (Å²) in [4.78, 5) is 4.54. The molecule has 1 heterocycles. The van der Waals surface area contributed by atoms with Gasteiger partial charge in [-0.2, -0.15) is 0 Å². The topological polar surface area (TPSA) is 34.2 Å². The van der Waals surface area contributed by atoms with Crippen molar-refractivity contribution in [1.82, 2.24) is 10.3 Å². The molecule has 0 amide bonds. The minimum atomic E-state index is 0.538. The third kappa shape index (κ3) is 5.21. The van der Waals surface area contributed by atoms with Crippen LogP contribution in [0.3, 0.4) is 0 Å². The van der Waals surface area contributed by atoms with Gasteiger partial charge in [-0.3, -0.25) is 0 Å². The van der Waals surface area contributed by atoms with Crippen molar-refractivity contribution >= 4 is 22.9 Å².